The Hall–Kier alpha value is -2.49. The molecule has 0 fully saturated rings. The minimum Gasteiger partial charge on any atom is -0.493 e. The molecule has 0 aliphatic carbocycles. The molecule has 0 unspecified atom stereocenters. The lowest BCUT2D eigenvalue weighted by molar-refractivity contribution is -0.121. The number of nitrogens with one attached hydrogen (secondary N) is 1. The molecule has 2 rings (SSSR count). The minimum absolute atomic E-state index is 0.00533. The van der Waals surface area contributed by atoms with Crippen molar-refractivity contribution in [2.75, 3.05) is 18.9 Å². The Bertz CT molecular complexity index is 651. The molecule has 0 bridgehead atoms. The van der Waals surface area contributed by atoms with E-state index in [1.54, 1.807) is 0 Å². The van der Waals surface area contributed by atoms with Crippen molar-refractivity contribution < 1.29 is 9.53 Å². The molecule has 0 heterocycles. The predicted octanol–water partition coefficient (Wildman–Crippen LogP) is 3.01. The van der Waals surface area contributed by atoms with Gasteiger partial charge in [-0.3, -0.25) is 4.79 Å². The largest absolute Gasteiger partial charge is 0.493 e. The number of carbonyl (C=O) groups is 1. The van der Waals surface area contributed by atoms with Crippen molar-refractivity contribution in [2.24, 2.45) is 0 Å². The van der Waals surface area contributed by atoms with E-state index in [1.807, 2.05) is 56.3 Å². The first-order chi connectivity index (χ1) is 11.1. The fourth-order valence-corrected chi connectivity index (χ4v) is 2.25. The Kier molecular flexibility index (Phi) is 6.03. The standard InChI is InChI=1S/C19H24N2O2/c1-14-4-3-5-18(15(14)2)23-13-11-19(22)21-12-10-16-6-8-17(20)9-7-16/h3-9H,10-13,20H2,1-2H3,(H,21,22). The molecule has 4 nitrogen and oxygen atoms in total. The summed E-state index contributed by atoms with van der Waals surface area (Å²) in [5.41, 5.74) is 9.86. The Balaban J connectivity index is 1.67. The summed E-state index contributed by atoms with van der Waals surface area (Å²) in [5.74, 6) is 0.852. The van der Waals surface area contributed by atoms with Gasteiger partial charge in [-0.25, -0.2) is 0 Å². The number of hydrogen-bond acceptors (Lipinski definition) is 3. The molecule has 0 aromatic heterocycles. The number of carbonyl (C=O) groups excluding carboxylic acids is 1. The molecule has 0 aliphatic rings. The summed E-state index contributed by atoms with van der Waals surface area (Å²) in [6, 6.07) is 13.6. The van der Waals surface area contributed by atoms with Gasteiger partial charge in [-0.05, 0) is 55.2 Å². The van der Waals surface area contributed by atoms with E-state index in [2.05, 4.69) is 5.32 Å². The number of ether oxygens (including phenoxy) is 1. The summed E-state index contributed by atoms with van der Waals surface area (Å²) >= 11 is 0. The van der Waals surface area contributed by atoms with Crippen LogP contribution < -0.4 is 15.8 Å². The molecule has 23 heavy (non-hydrogen) atoms. The van der Waals surface area contributed by atoms with Gasteiger partial charge in [0.05, 0.1) is 13.0 Å². The molecule has 0 aliphatic heterocycles. The molecule has 122 valence electrons. The maximum Gasteiger partial charge on any atom is 0.223 e. The van der Waals surface area contributed by atoms with Gasteiger partial charge in [0.15, 0.2) is 0 Å². The van der Waals surface area contributed by atoms with Gasteiger partial charge < -0.3 is 15.8 Å². The van der Waals surface area contributed by atoms with Crippen LogP contribution in [0.1, 0.15) is 23.1 Å². The average Bonchev–Trinajstić information content (AvgIpc) is 2.53. The zero-order valence-electron chi connectivity index (χ0n) is 13.8. The van der Waals surface area contributed by atoms with E-state index in [0.29, 0.717) is 19.6 Å². The fourth-order valence-electron chi connectivity index (χ4n) is 2.25. The topological polar surface area (TPSA) is 64.3 Å². The van der Waals surface area contributed by atoms with Gasteiger partial charge in [-0.15, -0.1) is 0 Å². The van der Waals surface area contributed by atoms with Crippen LogP contribution in [0.25, 0.3) is 0 Å². The van der Waals surface area contributed by atoms with E-state index in [1.165, 1.54) is 5.56 Å². The number of anilines is 1. The van der Waals surface area contributed by atoms with Crippen molar-refractivity contribution in [3.05, 3.63) is 59.2 Å². The minimum atomic E-state index is 0.00533. The second kappa shape index (κ2) is 8.22. The Morgan fingerprint density at radius 1 is 1.13 bits per heavy atom. The van der Waals surface area contributed by atoms with Crippen LogP contribution in [0.3, 0.4) is 0 Å². The maximum absolute atomic E-state index is 11.8. The summed E-state index contributed by atoms with van der Waals surface area (Å²) in [6.45, 7) is 5.08. The van der Waals surface area contributed by atoms with E-state index in [-0.39, 0.29) is 5.91 Å². The smallest absolute Gasteiger partial charge is 0.223 e. The maximum atomic E-state index is 11.8. The molecule has 2 aromatic carbocycles. The number of hydrogen-bond donors (Lipinski definition) is 2. The highest BCUT2D eigenvalue weighted by molar-refractivity contribution is 5.76. The monoisotopic (exact) mass is 312 g/mol. The van der Waals surface area contributed by atoms with Crippen LogP contribution in [-0.2, 0) is 11.2 Å². The Morgan fingerprint density at radius 2 is 1.87 bits per heavy atom. The van der Waals surface area contributed by atoms with Gasteiger partial charge in [-0.1, -0.05) is 24.3 Å². The van der Waals surface area contributed by atoms with E-state index in [0.717, 1.165) is 29.0 Å². The molecule has 0 radical (unpaired) electrons. The molecule has 0 saturated carbocycles. The SMILES string of the molecule is Cc1cccc(OCCC(=O)NCCc2ccc(N)cc2)c1C. The van der Waals surface area contributed by atoms with Crippen LogP contribution in [0.2, 0.25) is 0 Å². The van der Waals surface area contributed by atoms with Crippen molar-refractivity contribution in [1.29, 1.82) is 0 Å². The second-order valence-corrected chi connectivity index (χ2v) is 5.64. The first kappa shape index (κ1) is 16.9. The lowest BCUT2D eigenvalue weighted by Gasteiger charge is -2.11. The normalized spacial score (nSPS) is 10.3. The number of aryl methyl sites for hydroxylation is 1. The van der Waals surface area contributed by atoms with Crippen molar-refractivity contribution >= 4 is 11.6 Å². The van der Waals surface area contributed by atoms with Crippen LogP contribution in [0.4, 0.5) is 5.69 Å². The van der Waals surface area contributed by atoms with Crippen molar-refractivity contribution in [3.63, 3.8) is 0 Å². The number of benzene rings is 2. The number of nitrogen functional groups attached to an aromatic ring is 1. The molecule has 0 spiro atoms. The first-order valence-electron chi connectivity index (χ1n) is 7.86. The van der Waals surface area contributed by atoms with Crippen LogP contribution in [0.5, 0.6) is 5.75 Å². The number of nitrogens with two attached hydrogens (primary N) is 1. The quantitative estimate of drug-likeness (QED) is 0.772. The van der Waals surface area contributed by atoms with Crippen LogP contribution in [0, 0.1) is 13.8 Å². The molecule has 1 amide bonds. The predicted molar refractivity (Wildman–Crippen MR) is 93.6 cm³/mol. The summed E-state index contributed by atoms with van der Waals surface area (Å²) < 4.78 is 5.69. The van der Waals surface area contributed by atoms with Crippen LogP contribution in [0.15, 0.2) is 42.5 Å². The molecular weight excluding hydrogens is 288 g/mol. The molecular formula is C19H24N2O2. The summed E-state index contributed by atoms with van der Waals surface area (Å²) in [5, 5.41) is 2.91. The fraction of sp³-hybridized carbons (Fsp3) is 0.316. The zero-order chi connectivity index (χ0) is 16.7. The van der Waals surface area contributed by atoms with Gasteiger partial charge in [0.25, 0.3) is 0 Å². The highest BCUT2D eigenvalue weighted by Crippen LogP contribution is 2.20. The third kappa shape index (κ3) is 5.33. The molecule has 3 N–H and O–H groups in total. The lowest BCUT2D eigenvalue weighted by atomic mass is 10.1. The third-order valence-corrected chi connectivity index (χ3v) is 3.86. The van der Waals surface area contributed by atoms with E-state index < -0.39 is 0 Å². The molecule has 0 atom stereocenters. The molecule has 0 saturated heterocycles. The molecule has 2 aromatic rings. The first-order valence-corrected chi connectivity index (χ1v) is 7.86. The van der Waals surface area contributed by atoms with Crippen molar-refractivity contribution in [2.45, 2.75) is 26.7 Å². The molecule has 4 heteroatoms. The van der Waals surface area contributed by atoms with E-state index in [4.69, 9.17) is 10.5 Å². The highest BCUT2D eigenvalue weighted by Gasteiger charge is 2.04. The van der Waals surface area contributed by atoms with Gasteiger partial charge >= 0.3 is 0 Å². The number of rotatable bonds is 7. The van der Waals surface area contributed by atoms with Gasteiger partial charge in [0.1, 0.15) is 5.75 Å². The summed E-state index contributed by atoms with van der Waals surface area (Å²) in [4.78, 5) is 11.8. The summed E-state index contributed by atoms with van der Waals surface area (Å²) in [6.07, 6.45) is 1.15. The van der Waals surface area contributed by atoms with Gasteiger partial charge in [0, 0.05) is 12.2 Å². The van der Waals surface area contributed by atoms with Crippen molar-refractivity contribution in [3.8, 4) is 5.75 Å². The van der Waals surface area contributed by atoms with E-state index >= 15 is 0 Å². The third-order valence-electron chi connectivity index (χ3n) is 3.86. The van der Waals surface area contributed by atoms with Crippen molar-refractivity contribution in [1.82, 2.24) is 5.32 Å². The number of amides is 1. The average molecular weight is 312 g/mol. The highest BCUT2D eigenvalue weighted by atomic mass is 16.5. The van der Waals surface area contributed by atoms with Gasteiger partial charge in [-0.2, -0.15) is 0 Å². The van der Waals surface area contributed by atoms with Crippen LogP contribution >= 0.6 is 0 Å². The summed E-state index contributed by atoms with van der Waals surface area (Å²) in [7, 11) is 0. The Morgan fingerprint density at radius 3 is 2.61 bits per heavy atom. The van der Waals surface area contributed by atoms with Crippen LogP contribution in [-0.4, -0.2) is 19.1 Å². The lowest BCUT2D eigenvalue weighted by Crippen LogP contribution is -2.27. The zero-order valence-corrected chi connectivity index (χ0v) is 13.8. The Labute approximate surface area is 137 Å². The van der Waals surface area contributed by atoms with Gasteiger partial charge in [0.2, 0.25) is 5.91 Å². The second-order valence-electron chi connectivity index (χ2n) is 5.64. The van der Waals surface area contributed by atoms with E-state index in [9.17, 15) is 4.79 Å².